The maximum absolute atomic E-state index is 11.8. The summed E-state index contributed by atoms with van der Waals surface area (Å²) in [6.45, 7) is 2.57. The van der Waals surface area contributed by atoms with Crippen LogP contribution in [-0.4, -0.2) is 32.4 Å². The summed E-state index contributed by atoms with van der Waals surface area (Å²) in [5.74, 6) is 0.991. The van der Waals surface area contributed by atoms with E-state index in [0.29, 0.717) is 18.1 Å². The second-order valence-corrected chi connectivity index (χ2v) is 5.83. The number of ether oxygens (including phenoxy) is 2. The van der Waals surface area contributed by atoms with E-state index < -0.39 is 0 Å². The molecular formula is C18H20BrN3O3. The highest BCUT2D eigenvalue weighted by molar-refractivity contribution is 9.10. The quantitative estimate of drug-likeness (QED) is 0.521. The second kappa shape index (κ2) is 9.68. The molecule has 0 spiro atoms. The van der Waals surface area contributed by atoms with Gasteiger partial charge in [0.05, 0.1) is 30.9 Å². The zero-order valence-corrected chi connectivity index (χ0v) is 15.7. The van der Waals surface area contributed by atoms with E-state index in [1.807, 2.05) is 43.3 Å². The second-order valence-electron chi connectivity index (χ2n) is 4.98. The van der Waals surface area contributed by atoms with Crippen molar-refractivity contribution in [1.29, 1.82) is 0 Å². The maximum atomic E-state index is 11.8. The molecule has 0 aliphatic heterocycles. The summed E-state index contributed by atoms with van der Waals surface area (Å²) >= 11 is 3.45. The van der Waals surface area contributed by atoms with Crippen molar-refractivity contribution in [3.63, 3.8) is 0 Å². The van der Waals surface area contributed by atoms with Gasteiger partial charge in [0.2, 0.25) is 0 Å². The summed E-state index contributed by atoms with van der Waals surface area (Å²) in [5.41, 5.74) is 4.12. The van der Waals surface area contributed by atoms with Gasteiger partial charge in [-0.3, -0.25) is 4.79 Å². The van der Waals surface area contributed by atoms with E-state index in [-0.39, 0.29) is 12.5 Å². The number of hydrazone groups is 1. The van der Waals surface area contributed by atoms with Crippen molar-refractivity contribution in [2.45, 2.75) is 6.92 Å². The zero-order valence-electron chi connectivity index (χ0n) is 14.1. The van der Waals surface area contributed by atoms with Crippen molar-refractivity contribution in [2.75, 3.05) is 25.6 Å². The summed E-state index contributed by atoms with van der Waals surface area (Å²) in [4.78, 5) is 11.8. The number of nitrogens with one attached hydrogen (secondary N) is 2. The monoisotopic (exact) mass is 405 g/mol. The van der Waals surface area contributed by atoms with Gasteiger partial charge in [-0.1, -0.05) is 18.2 Å². The summed E-state index contributed by atoms with van der Waals surface area (Å²) in [7, 11) is 1.57. The number of nitrogens with zero attached hydrogens (tertiary/aromatic N) is 1. The van der Waals surface area contributed by atoms with Crippen LogP contribution >= 0.6 is 15.9 Å². The van der Waals surface area contributed by atoms with E-state index in [0.717, 1.165) is 15.7 Å². The highest BCUT2D eigenvalue weighted by atomic mass is 79.9. The van der Waals surface area contributed by atoms with Crippen LogP contribution in [0.1, 0.15) is 12.5 Å². The lowest BCUT2D eigenvalue weighted by atomic mass is 10.2. The molecule has 2 N–H and O–H groups in total. The smallest absolute Gasteiger partial charge is 0.259 e. The number of hydrogen-bond donors (Lipinski definition) is 2. The minimum absolute atomic E-state index is 0.137. The van der Waals surface area contributed by atoms with Crippen LogP contribution < -0.4 is 20.2 Å². The normalized spacial score (nSPS) is 10.5. The Balaban J connectivity index is 1.92. The number of anilines is 1. The van der Waals surface area contributed by atoms with Gasteiger partial charge in [-0.25, -0.2) is 5.43 Å². The van der Waals surface area contributed by atoms with E-state index in [4.69, 9.17) is 9.47 Å². The Kier molecular flexibility index (Phi) is 7.28. The van der Waals surface area contributed by atoms with E-state index in [9.17, 15) is 4.79 Å². The molecule has 0 aliphatic rings. The van der Waals surface area contributed by atoms with Gasteiger partial charge in [-0.15, -0.1) is 0 Å². The third kappa shape index (κ3) is 5.79. The number of para-hydroxylation sites is 1. The molecule has 132 valence electrons. The molecule has 0 saturated heterocycles. The number of amides is 1. The fraction of sp³-hybridized carbons (Fsp3) is 0.222. The molecule has 6 nitrogen and oxygen atoms in total. The summed E-state index contributed by atoms with van der Waals surface area (Å²) in [5, 5.41) is 6.98. The Hall–Kier alpha value is -2.54. The van der Waals surface area contributed by atoms with Crippen LogP contribution in [0.3, 0.4) is 0 Å². The molecule has 0 radical (unpaired) electrons. The third-order valence-electron chi connectivity index (χ3n) is 3.17. The molecule has 0 unspecified atom stereocenters. The van der Waals surface area contributed by atoms with Gasteiger partial charge in [0.25, 0.3) is 5.91 Å². The average molecular weight is 406 g/mol. The molecule has 0 aliphatic carbocycles. The molecule has 0 atom stereocenters. The lowest BCUT2D eigenvalue weighted by Gasteiger charge is -2.12. The largest absolute Gasteiger partial charge is 0.493 e. The minimum atomic E-state index is -0.239. The van der Waals surface area contributed by atoms with Gasteiger partial charge in [0.1, 0.15) is 0 Å². The highest BCUT2D eigenvalue weighted by Gasteiger charge is 2.10. The van der Waals surface area contributed by atoms with Crippen LogP contribution in [0.25, 0.3) is 0 Å². The first kappa shape index (κ1) is 18.8. The van der Waals surface area contributed by atoms with E-state index in [1.54, 1.807) is 19.4 Å². The Morgan fingerprint density at radius 3 is 2.72 bits per heavy atom. The Morgan fingerprint density at radius 2 is 2.04 bits per heavy atom. The molecule has 2 rings (SSSR count). The molecule has 0 aromatic heterocycles. The van der Waals surface area contributed by atoms with Crippen molar-refractivity contribution in [3.8, 4) is 11.5 Å². The average Bonchev–Trinajstić information content (AvgIpc) is 2.63. The molecule has 7 heteroatoms. The molecule has 0 fully saturated rings. The van der Waals surface area contributed by atoms with Gasteiger partial charge < -0.3 is 14.8 Å². The fourth-order valence-corrected chi connectivity index (χ4v) is 2.63. The summed E-state index contributed by atoms with van der Waals surface area (Å²) in [6, 6.07) is 13.1. The predicted octanol–water partition coefficient (Wildman–Crippen LogP) is 3.42. The first-order valence-corrected chi connectivity index (χ1v) is 8.54. The standard InChI is InChI=1S/C18H20BrN3O3/c1-3-25-18-15(19)9-13(10-16(18)24-2)11-21-22-17(23)12-20-14-7-5-4-6-8-14/h4-11,20H,3,12H2,1-2H3,(H,22,23)/b21-11-. The lowest BCUT2D eigenvalue weighted by molar-refractivity contribution is -0.119. The third-order valence-corrected chi connectivity index (χ3v) is 3.76. The van der Waals surface area contributed by atoms with Gasteiger partial charge >= 0.3 is 0 Å². The SMILES string of the molecule is CCOc1c(Br)cc(/C=N\NC(=O)CNc2ccccc2)cc1OC. The van der Waals surface area contributed by atoms with Crippen LogP contribution in [0.15, 0.2) is 52.0 Å². The maximum Gasteiger partial charge on any atom is 0.259 e. The van der Waals surface area contributed by atoms with Crippen molar-refractivity contribution < 1.29 is 14.3 Å². The summed E-state index contributed by atoms with van der Waals surface area (Å²) < 4.78 is 11.6. The molecular weight excluding hydrogens is 386 g/mol. The molecule has 2 aromatic rings. The van der Waals surface area contributed by atoms with Crippen molar-refractivity contribution in [1.82, 2.24) is 5.43 Å². The number of hydrogen-bond acceptors (Lipinski definition) is 5. The molecule has 0 saturated carbocycles. The molecule has 1 amide bonds. The summed E-state index contributed by atoms with van der Waals surface area (Å²) in [6.07, 6.45) is 1.55. The fourth-order valence-electron chi connectivity index (χ4n) is 2.06. The van der Waals surface area contributed by atoms with Crippen LogP contribution in [0.5, 0.6) is 11.5 Å². The number of halogens is 1. The van der Waals surface area contributed by atoms with Crippen molar-refractivity contribution >= 4 is 33.7 Å². The van der Waals surface area contributed by atoms with Gasteiger partial charge in [-0.05, 0) is 52.7 Å². The number of benzene rings is 2. The van der Waals surface area contributed by atoms with Crippen molar-refractivity contribution in [2.24, 2.45) is 5.10 Å². The molecule has 0 bridgehead atoms. The number of methoxy groups -OCH3 is 1. The van der Waals surface area contributed by atoms with E-state index >= 15 is 0 Å². The minimum Gasteiger partial charge on any atom is -0.493 e. The Morgan fingerprint density at radius 1 is 1.28 bits per heavy atom. The zero-order chi connectivity index (χ0) is 18.1. The Labute approximate surface area is 155 Å². The molecule has 0 heterocycles. The molecule has 25 heavy (non-hydrogen) atoms. The highest BCUT2D eigenvalue weighted by Crippen LogP contribution is 2.36. The number of rotatable bonds is 8. The number of carbonyl (C=O) groups excluding carboxylic acids is 1. The van der Waals surface area contributed by atoms with Gasteiger partial charge in [-0.2, -0.15) is 5.10 Å². The van der Waals surface area contributed by atoms with Crippen molar-refractivity contribution in [3.05, 3.63) is 52.5 Å². The van der Waals surface area contributed by atoms with Crippen LogP contribution in [0.2, 0.25) is 0 Å². The Bertz CT molecular complexity index is 736. The van der Waals surface area contributed by atoms with Crippen LogP contribution in [0, 0.1) is 0 Å². The van der Waals surface area contributed by atoms with Crippen LogP contribution in [0.4, 0.5) is 5.69 Å². The molecule has 2 aromatic carbocycles. The first-order chi connectivity index (χ1) is 12.1. The number of carbonyl (C=O) groups is 1. The topological polar surface area (TPSA) is 72.0 Å². The van der Waals surface area contributed by atoms with Gasteiger partial charge in [0.15, 0.2) is 11.5 Å². The van der Waals surface area contributed by atoms with Crippen LogP contribution in [-0.2, 0) is 4.79 Å². The predicted molar refractivity (Wildman–Crippen MR) is 103 cm³/mol. The van der Waals surface area contributed by atoms with E-state index in [1.165, 1.54) is 0 Å². The van der Waals surface area contributed by atoms with E-state index in [2.05, 4.69) is 31.8 Å². The van der Waals surface area contributed by atoms with Gasteiger partial charge in [0, 0.05) is 5.69 Å². The first-order valence-electron chi connectivity index (χ1n) is 7.75. The lowest BCUT2D eigenvalue weighted by Crippen LogP contribution is -2.25.